The summed E-state index contributed by atoms with van der Waals surface area (Å²) in [4.78, 5) is 104. The predicted molar refractivity (Wildman–Crippen MR) is 366 cm³/mol. The van der Waals surface area contributed by atoms with Crippen LogP contribution in [0.25, 0.3) is 0 Å². The van der Waals surface area contributed by atoms with E-state index in [-0.39, 0.29) is 66.9 Å². The lowest BCUT2D eigenvalue weighted by atomic mass is 9.98. The minimum absolute atomic E-state index is 0.0408. The number of rotatable bonds is 16. The van der Waals surface area contributed by atoms with Gasteiger partial charge in [-0.3, -0.25) is 48.7 Å². The Balaban J connectivity index is 0.820. The van der Waals surface area contributed by atoms with Crippen LogP contribution < -0.4 is 53.2 Å². The first kappa shape index (κ1) is 62.8. The van der Waals surface area contributed by atoms with Gasteiger partial charge in [0.1, 0.15) is 23.3 Å². The number of hydrogen-bond acceptors (Lipinski definition) is 14. The number of amides is 6. The van der Waals surface area contributed by atoms with E-state index in [0.717, 1.165) is 71.3 Å². The average Bonchev–Trinajstić information content (AvgIpc) is 0.940. The molecule has 0 spiro atoms. The summed E-state index contributed by atoms with van der Waals surface area (Å²) in [6.07, 6.45) is 3.61. The molecule has 10 N–H and O–H groups in total. The number of carbonyl (C=O) groups is 6. The van der Waals surface area contributed by atoms with Crippen molar-refractivity contribution in [3.8, 4) is 0 Å². The SMILES string of the molecule is CC1(C)CCN=C(c2ccc(NC(=O)c3ccc(C(=O)Nc4ccc(C5=NCCC(C)(C)N5)cc4)c(NC(=O)c4ccc(C(=O)Nc5cc(C(=O)Nc6ccc(C7=NCCC(C)(C)N7)cc6)ccc5C(=O)Nc5ccc(C6=NCCC(C)(C)N6)cc5)cc4)c3)cc2)N1. The summed E-state index contributed by atoms with van der Waals surface area (Å²) in [6.45, 7) is 19.7. The number of amidine groups is 4. The van der Waals surface area contributed by atoms with Crippen molar-refractivity contribution in [3.05, 3.63) is 213 Å². The third kappa shape index (κ3) is 15.4. The molecule has 0 unspecified atom stereocenters. The normalized spacial score (nSPS) is 16.7. The largest absolute Gasteiger partial charge is 0.365 e. The monoisotopic (exact) mass is 1230 g/mol. The molecule has 92 heavy (non-hydrogen) atoms. The smallest absolute Gasteiger partial charge is 0.257 e. The topological polar surface area (TPSA) is 272 Å². The van der Waals surface area contributed by atoms with Crippen molar-refractivity contribution in [2.24, 2.45) is 20.0 Å². The van der Waals surface area contributed by atoms with Gasteiger partial charge in [0.05, 0.1) is 22.5 Å². The molecule has 7 aromatic carbocycles. The van der Waals surface area contributed by atoms with Gasteiger partial charge in [-0.1, -0.05) is 0 Å². The second-order valence-corrected chi connectivity index (χ2v) is 26.1. The second-order valence-electron chi connectivity index (χ2n) is 26.1. The minimum atomic E-state index is -0.648. The van der Waals surface area contributed by atoms with Crippen molar-refractivity contribution in [2.75, 3.05) is 58.1 Å². The Morgan fingerprint density at radius 1 is 0.293 bits per heavy atom. The standard InChI is InChI=1S/C72H76N14O6/c1-69(2)33-37-73-59(83-69)43-13-23-51(24-14-43)77-65(89)49-21-31-55(67(91)79-53-27-17-45(18-28-53)61-75-39-35-71(5,6)85-61)57(41-49)81-63(87)47-9-11-48(12-10-47)64(88)82-58-42-50(66(90)78-52-25-15-44(16-26-52)60-74-38-34-70(3,4)84-60)22-32-56(58)68(92)80-54-29-19-46(20-30-54)62-76-40-36-72(7,8)86-62/h9-32,41-42H,33-40H2,1-8H3,(H,73,83)(H,74,84)(H,75,85)(H,76,86)(H,77,89)(H,78,90)(H,79,91)(H,80,92)(H,81,87)(H,82,88). The Hall–Kier alpha value is -10.8. The summed E-state index contributed by atoms with van der Waals surface area (Å²) < 4.78 is 0. The van der Waals surface area contributed by atoms with Gasteiger partial charge in [-0.05, 0) is 239 Å². The molecule has 0 aromatic heterocycles. The number of aliphatic imine (C=N–C) groups is 4. The van der Waals surface area contributed by atoms with E-state index in [4.69, 9.17) is 0 Å². The molecular weight excluding hydrogens is 1160 g/mol. The summed E-state index contributed by atoms with van der Waals surface area (Å²) in [7, 11) is 0. The zero-order chi connectivity index (χ0) is 65.0. The van der Waals surface area contributed by atoms with Crippen LogP contribution in [0.15, 0.2) is 178 Å². The van der Waals surface area contributed by atoms with E-state index < -0.39 is 35.4 Å². The van der Waals surface area contributed by atoms with Gasteiger partial charge >= 0.3 is 0 Å². The van der Waals surface area contributed by atoms with E-state index in [1.807, 2.05) is 48.5 Å². The maximum absolute atomic E-state index is 14.3. The van der Waals surface area contributed by atoms with Crippen LogP contribution in [0.1, 0.15) is 165 Å². The van der Waals surface area contributed by atoms with Crippen molar-refractivity contribution in [1.82, 2.24) is 21.3 Å². The molecule has 4 heterocycles. The molecule has 20 heteroatoms. The van der Waals surface area contributed by atoms with Crippen LogP contribution in [-0.4, -0.2) is 107 Å². The summed E-state index contributed by atoms with van der Waals surface area (Å²) in [5.74, 6) is -0.307. The molecule has 4 aliphatic rings. The van der Waals surface area contributed by atoms with Crippen molar-refractivity contribution in [2.45, 2.75) is 103 Å². The highest BCUT2D eigenvalue weighted by Gasteiger charge is 2.28. The van der Waals surface area contributed by atoms with Gasteiger partial charge in [-0.2, -0.15) is 0 Å². The lowest BCUT2D eigenvalue weighted by molar-refractivity contribution is 0.100. The van der Waals surface area contributed by atoms with E-state index in [1.54, 1.807) is 48.5 Å². The molecule has 0 radical (unpaired) electrons. The number of carbonyl (C=O) groups excluding carboxylic acids is 6. The number of anilines is 6. The van der Waals surface area contributed by atoms with E-state index in [9.17, 15) is 28.8 Å². The fourth-order valence-electron chi connectivity index (χ4n) is 10.9. The third-order valence-electron chi connectivity index (χ3n) is 16.5. The summed E-state index contributed by atoms with van der Waals surface area (Å²) >= 11 is 0. The molecular formula is C72H76N14O6. The summed E-state index contributed by atoms with van der Waals surface area (Å²) in [5.41, 5.74) is 5.77. The highest BCUT2D eigenvalue weighted by Crippen LogP contribution is 2.28. The Kier molecular flexibility index (Phi) is 17.7. The van der Waals surface area contributed by atoms with E-state index >= 15 is 0 Å². The Morgan fingerprint density at radius 3 is 0.772 bits per heavy atom. The molecule has 0 bridgehead atoms. The Labute approximate surface area is 535 Å². The maximum Gasteiger partial charge on any atom is 0.257 e. The fraction of sp³-hybridized carbons (Fsp3) is 0.278. The lowest BCUT2D eigenvalue weighted by Crippen LogP contribution is -2.47. The van der Waals surface area contributed by atoms with E-state index in [2.05, 4.69) is 129 Å². The highest BCUT2D eigenvalue weighted by molar-refractivity contribution is 6.17. The molecule has 6 amide bonds. The van der Waals surface area contributed by atoms with Gasteiger partial charge in [0.25, 0.3) is 35.4 Å². The van der Waals surface area contributed by atoms with E-state index in [0.29, 0.717) is 48.9 Å². The number of nitrogens with one attached hydrogen (secondary N) is 10. The molecule has 7 aromatic rings. The zero-order valence-electron chi connectivity index (χ0n) is 52.9. The van der Waals surface area contributed by atoms with E-state index in [1.165, 1.54) is 60.7 Å². The van der Waals surface area contributed by atoms with Crippen molar-refractivity contribution >= 4 is 92.9 Å². The summed E-state index contributed by atoms with van der Waals surface area (Å²) in [6, 6.07) is 43.7. The van der Waals surface area contributed by atoms with Crippen LogP contribution in [0.3, 0.4) is 0 Å². The molecule has 0 saturated heterocycles. The third-order valence-corrected chi connectivity index (χ3v) is 16.5. The van der Waals surface area contributed by atoms with Crippen molar-refractivity contribution in [1.29, 1.82) is 0 Å². The molecule has 11 rings (SSSR count). The van der Waals surface area contributed by atoms with Crippen LogP contribution in [-0.2, 0) is 0 Å². The van der Waals surface area contributed by atoms with Gasteiger partial charge in [-0.15, -0.1) is 0 Å². The van der Waals surface area contributed by atoms with Crippen molar-refractivity contribution < 1.29 is 28.8 Å². The van der Waals surface area contributed by atoms with Crippen LogP contribution >= 0.6 is 0 Å². The fourth-order valence-corrected chi connectivity index (χ4v) is 10.9. The predicted octanol–water partition coefficient (Wildman–Crippen LogP) is 11.3. The number of benzene rings is 7. The maximum atomic E-state index is 14.3. The Morgan fingerprint density at radius 2 is 0.522 bits per heavy atom. The molecule has 0 atom stereocenters. The quantitative estimate of drug-likeness (QED) is 0.0437. The minimum Gasteiger partial charge on any atom is -0.365 e. The molecule has 20 nitrogen and oxygen atoms in total. The van der Waals surface area contributed by atoms with Gasteiger partial charge in [-0.25, -0.2) is 0 Å². The molecule has 4 aliphatic heterocycles. The summed E-state index contributed by atoms with van der Waals surface area (Å²) in [5, 5.41) is 31.3. The van der Waals surface area contributed by atoms with Crippen LogP contribution in [0, 0.1) is 0 Å². The first-order valence-corrected chi connectivity index (χ1v) is 30.9. The van der Waals surface area contributed by atoms with Gasteiger partial charge < -0.3 is 53.2 Å². The lowest BCUT2D eigenvalue weighted by Gasteiger charge is -2.31. The van der Waals surface area contributed by atoms with Gasteiger partial charge in [0, 0.05) is 116 Å². The molecule has 470 valence electrons. The second kappa shape index (κ2) is 26.0. The zero-order valence-corrected chi connectivity index (χ0v) is 52.9. The first-order chi connectivity index (χ1) is 43.9. The molecule has 0 saturated carbocycles. The van der Waals surface area contributed by atoms with Crippen LogP contribution in [0.5, 0.6) is 0 Å². The number of nitrogens with zero attached hydrogens (tertiary/aromatic N) is 4. The van der Waals surface area contributed by atoms with Gasteiger partial charge in [0.2, 0.25) is 0 Å². The first-order valence-electron chi connectivity index (χ1n) is 30.9. The van der Waals surface area contributed by atoms with Crippen LogP contribution in [0.4, 0.5) is 34.1 Å². The van der Waals surface area contributed by atoms with Crippen molar-refractivity contribution in [3.63, 3.8) is 0 Å². The van der Waals surface area contributed by atoms with Gasteiger partial charge in [0.15, 0.2) is 0 Å². The number of hydrogen-bond donors (Lipinski definition) is 10. The Bertz CT molecular complexity index is 3880. The average molecular weight is 1230 g/mol. The molecule has 0 aliphatic carbocycles. The molecule has 0 fully saturated rings. The highest BCUT2D eigenvalue weighted by atomic mass is 16.2. The van der Waals surface area contributed by atoms with Crippen LogP contribution in [0.2, 0.25) is 0 Å².